The maximum atomic E-state index is 9.46. The number of aliphatic hydroxyl groups is 2. The van der Waals surface area contributed by atoms with Crippen LogP contribution in [0.25, 0.3) is 0 Å². The molecule has 0 aliphatic rings. The summed E-state index contributed by atoms with van der Waals surface area (Å²) in [6, 6.07) is 3.74. The standard InChI is InChI=1S/C13H21NO4/c1-9-5-12(17-3)13(18-4)6-11(9)14(2)7-10(16)8-15/h5-6,10,15-16H,7-8H2,1-4H3. The molecule has 0 saturated heterocycles. The van der Waals surface area contributed by atoms with Gasteiger partial charge in [0.25, 0.3) is 0 Å². The molecule has 1 rings (SSSR count). The van der Waals surface area contributed by atoms with Crippen LogP contribution in [0.5, 0.6) is 11.5 Å². The summed E-state index contributed by atoms with van der Waals surface area (Å²) in [6.45, 7) is 2.06. The molecule has 5 heteroatoms. The van der Waals surface area contributed by atoms with Crippen molar-refractivity contribution in [3.8, 4) is 11.5 Å². The average Bonchev–Trinajstić information content (AvgIpc) is 2.37. The van der Waals surface area contributed by atoms with Crippen LogP contribution in [-0.4, -0.2) is 50.7 Å². The van der Waals surface area contributed by atoms with Crippen LogP contribution in [0, 0.1) is 6.92 Å². The summed E-state index contributed by atoms with van der Waals surface area (Å²) in [5, 5.41) is 18.3. The van der Waals surface area contributed by atoms with Crippen molar-refractivity contribution in [2.24, 2.45) is 0 Å². The number of nitrogens with zero attached hydrogens (tertiary/aromatic N) is 1. The highest BCUT2D eigenvalue weighted by molar-refractivity contribution is 5.61. The van der Waals surface area contributed by atoms with Crippen LogP contribution >= 0.6 is 0 Å². The fourth-order valence-corrected chi connectivity index (χ4v) is 1.85. The topological polar surface area (TPSA) is 62.2 Å². The molecule has 18 heavy (non-hydrogen) atoms. The maximum absolute atomic E-state index is 9.46. The summed E-state index contributed by atoms with van der Waals surface area (Å²) in [7, 11) is 5.03. The third kappa shape index (κ3) is 3.27. The predicted molar refractivity (Wildman–Crippen MR) is 70.6 cm³/mol. The fourth-order valence-electron chi connectivity index (χ4n) is 1.85. The first kappa shape index (κ1) is 14.6. The maximum Gasteiger partial charge on any atom is 0.162 e. The summed E-state index contributed by atoms with van der Waals surface area (Å²) in [5.41, 5.74) is 1.94. The summed E-state index contributed by atoms with van der Waals surface area (Å²) < 4.78 is 10.5. The molecule has 102 valence electrons. The van der Waals surface area contributed by atoms with Crippen LogP contribution in [-0.2, 0) is 0 Å². The van der Waals surface area contributed by atoms with E-state index >= 15 is 0 Å². The Morgan fingerprint density at radius 3 is 2.28 bits per heavy atom. The van der Waals surface area contributed by atoms with Gasteiger partial charge in [0.05, 0.1) is 26.9 Å². The average molecular weight is 255 g/mol. The second kappa shape index (κ2) is 6.47. The quantitative estimate of drug-likeness (QED) is 0.787. The number of anilines is 1. The molecule has 0 radical (unpaired) electrons. The molecule has 0 saturated carbocycles. The first-order valence-corrected chi connectivity index (χ1v) is 5.76. The molecule has 0 bridgehead atoms. The van der Waals surface area contributed by atoms with E-state index in [0.717, 1.165) is 11.3 Å². The summed E-state index contributed by atoms with van der Waals surface area (Å²) in [6.07, 6.45) is -0.762. The van der Waals surface area contributed by atoms with Gasteiger partial charge in [-0.3, -0.25) is 0 Å². The van der Waals surface area contributed by atoms with Crippen molar-refractivity contribution in [1.82, 2.24) is 0 Å². The Morgan fingerprint density at radius 2 is 1.78 bits per heavy atom. The number of ether oxygens (including phenoxy) is 2. The van der Waals surface area contributed by atoms with E-state index in [2.05, 4.69) is 0 Å². The third-order valence-corrected chi connectivity index (χ3v) is 2.81. The Morgan fingerprint density at radius 1 is 1.22 bits per heavy atom. The molecule has 0 fully saturated rings. The molecular formula is C13H21NO4. The van der Waals surface area contributed by atoms with E-state index in [9.17, 15) is 5.11 Å². The lowest BCUT2D eigenvalue weighted by Crippen LogP contribution is -2.31. The number of likely N-dealkylation sites (N-methyl/N-ethyl adjacent to an activating group) is 1. The van der Waals surface area contributed by atoms with E-state index in [4.69, 9.17) is 14.6 Å². The smallest absolute Gasteiger partial charge is 0.162 e. The van der Waals surface area contributed by atoms with Crippen molar-refractivity contribution >= 4 is 5.69 Å². The Balaban J connectivity index is 3.01. The Bertz CT molecular complexity index is 395. The van der Waals surface area contributed by atoms with Gasteiger partial charge in [0.2, 0.25) is 0 Å². The number of methoxy groups -OCH3 is 2. The largest absolute Gasteiger partial charge is 0.493 e. The van der Waals surface area contributed by atoms with Crippen molar-refractivity contribution < 1.29 is 19.7 Å². The Hall–Kier alpha value is -1.46. The van der Waals surface area contributed by atoms with Crippen LogP contribution in [0.3, 0.4) is 0 Å². The van der Waals surface area contributed by atoms with Gasteiger partial charge in [0.1, 0.15) is 0 Å². The van der Waals surface area contributed by atoms with Crippen LogP contribution in [0.15, 0.2) is 12.1 Å². The van der Waals surface area contributed by atoms with E-state index in [-0.39, 0.29) is 6.61 Å². The lowest BCUT2D eigenvalue weighted by atomic mass is 10.1. The highest BCUT2D eigenvalue weighted by Gasteiger charge is 2.14. The molecule has 0 aromatic heterocycles. The highest BCUT2D eigenvalue weighted by atomic mass is 16.5. The Kier molecular flexibility index (Phi) is 5.25. The van der Waals surface area contributed by atoms with Gasteiger partial charge in [-0.1, -0.05) is 0 Å². The van der Waals surface area contributed by atoms with E-state index in [0.29, 0.717) is 18.0 Å². The van der Waals surface area contributed by atoms with E-state index < -0.39 is 6.10 Å². The summed E-state index contributed by atoms with van der Waals surface area (Å²) in [4.78, 5) is 1.87. The number of aliphatic hydroxyl groups excluding tert-OH is 2. The van der Waals surface area contributed by atoms with Crippen molar-refractivity contribution in [3.63, 3.8) is 0 Å². The number of benzene rings is 1. The van der Waals surface area contributed by atoms with Crippen LogP contribution in [0.1, 0.15) is 5.56 Å². The molecule has 5 nitrogen and oxygen atoms in total. The molecule has 1 aromatic rings. The van der Waals surface area contributed by atoms with Gasteiger partial charge in [0.15, 0.2) is 11.5 Å². The first-order valence-electron chi connectivity index (χ1n) is 5.76. The van der Waals surface area contributed by atoms with Crippen molar-refractivity contribution in [2.45, 2.75) is 13.0 Å². The zero-order chi connectivity index (χ0) is 13.7. The molecule has 2 N–H and O–H groups in total. The van der Waals surface area contributed by atoms with Crippen molar-refractivity contribution in [1.29, 1.82) is 0 Å². The second-order valence-electron chi connectivity index (χ2n) is 4.21. The van der Waals surface area contributed by atoms with Gasteiger partial charge in [0, 0.05) is 25.3 Å². The minimum Gasteiger partial charge on any atom is -0.493 e. The number of hydrogen-bond donors (Lipinski definition) is 2. The molecule has 0 aliphatic heterocycles. The van der Waals surface area contributed by atoms with Crippen LogP contribution < -0.4 is 14.4 Å². The van der Waals surface area contributed by atoms with E-state index in [1.807, 2.05) is 31.0 Å². The Labute approximate surface area is 108 Å². The number of hydrogen-bond acceptors (Lipinski definition) is 5. The number of aryl methyl sites for hydroxylation is 1. The summed E-state index contributed by atoms with van der Waals surface area (Å²) >= 11 is 0. The number of rotatable bonds is 6. The van der Waals surface area contributed by atoms with Gasteiger partial charge in [-0.2, -0.15) is 0 Å². The van der Waals surface area contributed by atoms with Gasteiger partial charge in [-0.25, -0.2) is 0 Å². The van der Waals surface area contributed by atoms with Gasteiger partial charge >= 0.3 is 0 Å². The predicted octanol–water partition coefficient (Wildman–Crippen LogP) is 0.802. The monoisotopic (exact) mass is 255 g/mol. The van der Waals surface area contributed by atoms with Crippen molar-refractivity contribution in [2.75, 3.05) is 39.3 Å². The zero-order valence-corrected chi connectivity index (χ0v) is 11.3. The minimum atomic E-state index is -0.762. The van der Waals surface area contributed by atoms with Crippen LogP contribution in [0.4, 0.5) is 5.69 Å². The molecule has 0 heterocycles. The highest BCUT2D eigenvalue weighted by Crippen LogP contribution is 2.34. The SMILES string of the molecule is COc1cc(C)c(N(C)CC(O)CO)cc1OC. The molecule has 1 aromatic carbocycles. The fraction of sp³-hybridized carbons (Fsp3) is 0.538. The lowest BCUT2D eigenvalue weighted by molar-refractivity contribution is 0.101. The zero-order valence-electron chi connectivity index (χ0n) is 11.3. The molecule has 1 atom stereocenters. The minimum absolute atomic E-state index is 0.253. The first-order chi connectivity index (χ1) is 8.53. The van der Waals surface area contributed by atoms with Crippen molar-refractivity contribution in [3.05, 3.63) is 17.7 Å². The molecule has 1 unspecified atom stereocenters. The van der Waals surface area contributed by atoms with Gasteiger partial charge in [-0.15, -0.1) is 0 Å². The van der Waals surface area contributed by atoms with Gasteiger partial charge in [-0.05, 0) is 18.6 Å². The van der Waals surface area contributed by atoms with Gasteiger partial charge < -0.3 is 24.6 Å². The molecular weight excluding hydrogens is 234 g/mol. The van der Waals surface area contributed by atoms with E-state index in [1.54, 1.807) is 14.2 Å². The molecule has 0 aliphatic carbocycles. The molecule has 0 spiro atoms. The summed E-state index contributed by atoms with van der Waals surface area (Å²) in [5.74, 6) is 1.32. The lowest BCUT2D eigenvalue weighted by Gasteiger charge is -2.24. The second-order valence-corrected chi connectivity index (χ2v) is 4.21. The normalized spacial score (nSPS) is 12.1. The third-order valence-electron chi connectivity index (χ3n) is 2.81. The molecule has 0 amide bonds. The van der Waals surface area contributed by atoms with E-state index in [1.165, 1.54) is 0 Å². The van der Waals surface area contributed by atoms with Crippen LogP contribution in [0.2, 0.25) is 0 Å².